The molecule has 2 rings (SSSR count). The van der Waals surface area contributed by atoms with E-state index in [0.717, 1.165) is 29.7 Å². The smallest absolute Gasteiger partial charge is 0.133 e. The summed E-state index contributed by atoms with van der Waals surface area (Å²) in [5.74, 6) is 1.01. The zero-order valence-electron chi connectivity index (χ0n) is 11.3. The van der Waals surface area contributed by atoms with Crippen molar-refractivity contribution in [3.8, 4) is 0 Å². The second kappa shape index (κ2) is 6.82. The number of aryl methyl sites for hydroxylation is 1. The lowest BCUT2D eigenvalue weighted by molar-refractivity contribution is 0.515. The molecule has 0 aliphatic rings. The number of rotatable bonds is 6. The van der Waals surface area contributed by atoms with E-state index >= 15 is 0 Å². The second-order valence-electron chi connectivity index (χ2n) is 4.57. The monoisotopic (exact) mass is 322 g/mol. The van der Waals surface area contributed by atoms with E-state index < -0.39 is 0 Å². The van der Waals surface area contributed by atoms with Crippen molar-refractivity contribution in [2.24, 2.45) is 7.05 Å². The van der Waals surface area contributed by atoms with Crippen molar-refractivity contribution in [1.82, 2.24) is 20.1 Å². The third-order valence-corrected chi connectivity index (χ3v) is 3.75. The van der Waals surface area contributed by atoms with Crippen LogP contribution in [0, 0.1) is 0 Å². The van der Waals surface area contributed by atoms with E-state index in [1.54, 1.807) is 6.33 Å². The fraction of sp³-hybridized carbons (Fsp3) is 0.429. The van der Waals surface area contributed by atoms with E-state index in [9.17, 15) is 0 Å². The number of hydrogen-bond acceptors (Lipinski definition) is 3. The molecule has 19 heavy (non-hydrogen) atoms. The Morgan fingerprint density at radius 3 is 2.63 bits per heavy atom. The van der Waals surface area contributed by atoms with Gasteiger partial charge in [0.05, 0.1) is 0 Å². The Morgan fingerprint density at radius 1 is 1.32 bits per heavy atom. The molecule has 4 nitrogen and oxygen atoms in total. The highest BCUT2D eigenvalue weighted by molar-refractivity contribution is 9.10. The molecule has 1 atom stereocenters. The van der Waals surface area contributed by atoms with Gasteiger partial charge >= 0.3 is 0 Å². The molecule has 102 valence electrons. The van der Waals surface area contributed by atoms with E-state index in [1.807, 2.05) is 11.6 Å². The number of aromatic nitrogens is 3. The summed E-state index contributed by atoms with van der Waals surface area (Å²) >= 11 is 3.46. The maximum Gasteiger partial charge on any atom is 0.133 e. The molecule has 1 unspecified atom stereocenters. The standard InChI is InChI=1S/C14H19BrN4/c1-3-13(11-4-6-12(15)7-5-11)16-9-8-14-18-17-10-19(14)2/h4-7,10,13,16H,3,8-9H2,1-2H3. The molecule has 1 aromatic carbocycles. The Morgan fingerprint density at radius 2 is 2.05 bits per heavy atom. The molecule has 0 fully saturated rings. The maximum atomic E-state index is 4.09. The molecule has 0 aliphatic heterocycles. The Labute approximate surface area is 122 Å². The number of halogens is 1. The van der Waals surface area contributed by atoms with Gasteiger partial charge in [0, 0.05) is 30.5 Å². The van der Waals surface area contributed by atoms with Gasteiger partial charge in [-0.2, -0.15) is 0 Å². The predicted molar refractivity (Wildman–Crippen MR) is 79.9 cm³/mol. The highest BCUT2D eigenvalue weighted by Gasteiger charge is 2.09. The van der Waals surface area contributed by atoms with Crippen LogP contribution in [0.15, 0.2) is 35.1 Å². The molecule has 5 heteroatoms. The Kier molecular flexibility index (Phi) is 5.10. The van der Waals surface area contributed by atoms with Crippen molar-refractivity contribution in [2.45, 2.75) is 25.8 Å². The lowest BCUT2D eigenvalue weighted by Crippen LogP contribution is -2.24. The average Bonchev–Trinajstić information content (AvgIpc) is 2.82. The molecule has 1 heterocycles. The van der Waals surface area contributed by atoms with Gasteiger partial charge < -0.3 is 9.88 Å². The van der Waals surface area contributed by atoms with Crippen molar-refractivity contribution in [3.63, 3.8) is 0 Å². The molecule has 0 saturated heterocycles. The molecule has 0 spiro atoms. The third-order valence-electron chi connectivity index (χ3n) is 3.23. The van der Waals surface area contributed by atoms with Crippen LogP contribution in [-0.2, 0) is 13.5 Å². The van der Waals surface area contributed by atoms with Crippen LogP contribution < -0.4 is 5.32 Å². The molecule has 0 aliphatic carbocycles. The van der Waals surface area contributed by atoms with Gasteiger partial charge in [-0.15, -0.1) is 10.2 Å². The number of hydrogen-bond donors (Lipinski definition) is 1. The Bertz CT molecular complexity index is 506. The maximum absolute atomic E-state index is 4.09. The summed E-state index contributed by atoms with van der Waals surface area (Å²) in [6.07, 6.45) is 3.70. The van der Waals surface area contributed by atoms with Gasteiger partial charge in [0.2, 0.25) is 0 Å². The number of benzene rings is 1. The van der Waals surface area contributed by atoms with Crippen molar-refractivity contribution >= 4 is 15.9 Å². The summed E-state index contributed by atoms with van der Waals surface area (Å²) in [4.78, 5) is 0. The average molecular weight is 323 g/mol. The van der Waals surface area contributed by atoms with Crippen molar-refractivity contribution in [1.29, 1.82) is 0 Å². The fourth-order valence-corrected chi connectivity index (χ4v) is 2.35. The first-order chi connectivity index (χ1) is 9.20. The quantitative estimate of drug-likeness (QED) is 0.889. The molecular formula is C14H19BrN4. The first kappa shape index (κ1) is 14.2. The fourth-order valence-electron chi connectivity index (χ4n) is 2.08. The largest absolute Gasteiger partial charge is 0.321 e. The van der Waals surface area contributed by atoms with E-state index in [1.165, 1.54) is 5.56 Å². The van der Waals surface area contributed by atoms with Crippen LogP contribution in [0.1, 0.15) is 30.8 Å². The predicted octanol–water partition coefficient (Wildman–Crippen LogP) is 2.86. The van der Waals surface area contributed by atoms with E-state index in [0.29, 0.717) is 6.04 Å². The first-order valence-electron chi connectivity index (χ1n) is 6.52. The number of nitrogens with one attached hydrogen (secondary N) is 1. The third kappa shape index (κ3) is 3.88. The van der Waals surface area contributed by atoms with Crippen LogP contribution in [-0.4, -0.2) is 21.3 Å². The van der Waals surface area contributed by atoms with E-state index in [2.05, 4.69) is 62.6 Å². The zero-order chi connectivity index (χ0) is 13.7. The van der Waals surface area contributed by atoms with Crippen LogP contribution in [0.5, 0.6) is 0 Å². The van der Waals surface area contributed by atoms with E-state index in [-0.39, 0.29) is 0 Å². The summed E-state index contributed by atoms with van der Waals surface area (Å²) in [6.45, 7) is 3.10. The number of nitrogens with zero attached hydrogens (tertiary/aromatic N) is 3. The van der Waals surface area contributed by atoms with Gasteiger partial charge in [0.15, 0.2) is 0 Å². The van der Waals surface area contributed by atoms with Crippen LogP contribution in [0.2, 0.25) is 0 Å². The van der Waals surface area contributed by atoms with Gasteiger partial charge in [-0.1, -0.05) is 35.0 Å². The summed E-state index contributed by atoms with van der Waals surface area (Å²) in [7, 11) is 1.97. The minimum absolute atomic E-state index is 0.390. The molecule has 2 aromatic rings. The van der Waals surface area contributed by atoms with Gasteiger partial charge in [0.1, 0.15) is 12.2 Å². The Hall–Kier alpha value is -1.20. The molecule has 0 radical (unpaired) electrons. The molecule has 0 bridgehead atoms. The van der Waals surface area contributed by atoms with Crippen molar-refractivity contribution in [2.75, 3.05) is 6.54 Å². The van der Waals surface area contributed by atoms with E-state index in [4.69, 9.17) is 0 Å². The van der Waals surface area contributed by atoms with Crippen LogP contribution in [0.3, 0.4) is 0 Å². The molecular weight excluding hydrogens is 304 g/mol. The first-order valence-corrected chi connectivity index (χ1v) is 7.31. The summed E-state index contributed by atoms with van der Waals surface area (Å²) in [5, 5.41) is 11.6. The van der Waals surface area contributed by atoms with Gasteiger partial charge in [0.25, 0.3) is 0 Å². The summed E-state index contributed by atoms with van der Waals surface area (Å²) in [6, 6.07) is 8.88. The Balaban J connectivity index is 1.89. The zero-order valence-corrected chi connectivity index (χ0v) is 12.9. The highest BCUT2D eigenvalue weighted by Crippen LogP contribution is 2.19. The molecule has 1 aromatic heterocycles. The van der Waals surface area contributed by atoms with Crippen LogP contribution in [0.4, 0.5) is 0 Å². The lowest BCUT2D eigenvalue weighted by Gasteiger charge is -2.17. The summed E-state index contributed by atoms with van der Waals surface area (Å²) in [5.41, 5.74) is 1.32. The molecule has 1 N–H and O–H groups in total. The van der Waals surface area contributed by atoms with Crippen molar-refractivity contribution < 1.29 is 0 Å². The van der Waals surface area contributed by atoms with Gasteiger partial charge in [-0.3, -0.25) is 0 Å². The minimum Gasteiger partial charge on any atom is -0.321 e. The van der Waals surface area contributed by atoms with Crippen LogP contribution >= 0.6 is 15.9 Å². The van der Waals surface area contributed by atoms with Crippen LogP contribution in [0.25, 0.3) is 0 Å². The lowest BCUT2D eigenvalue weighted by atomic mass is 10.0. The SMILES string of the molecule is CCC(NCCc1nncn1C)c1ccc(Br)cc1. The van der Waals surface area contributed by atoms with Crippen molar-refractivity contribution in [3.05, 3.63) is 46.5 Å². The molecule has 0 saturated carbocycles. The topological polar surface area (TPSA) is 42.7 Å². The minimum atomic E-state index is 0.390. The molecule has 0 amide bonds. The normalized spacial score (nSPS) is 12.6. The highest BCUT2D eigenvalue weighted by atomic mass is 79.9. The van der Waals surface area contributed by atoms with Gasteiger partial charge in [-0.05, 0) is 24.1 Å². The summed E-state index contributed by atoms with van der Waals surface area (Å²) < 4.78 is 3.08. The second-order valence-corrected chi connectivity index (χ2v) is 5.49. The van der Waals surface area contributed by atoms with Gasteiger partial charge in [-0.25, -0.2) is 0 Å².